The lowest BCUT2D eigenvalue weighted by atomic mass is 10.3. The third-order valence-electron chi connectivity index (χ3n) is 1.66. The summed E-state index contributed by atoms with van der Waals surface area (Å²) in [6, 6.07) is 0. The molecule has 1 aromatic rings. The highest BCUT2D eigenvalue weighted by Crippen LogP contribution is 2.25. The molecule has 0 aliphatic rings. The zero-order valence-corrected chi connectivity index (χ0v) is 10.1. The Hall–Kier alpha value is -1.53. The molecular formula is C10H15F3N2O2. The predicted molar refractivity (Wildman–Crippen MR) is 55.6 cm³/mol. The van der Waals surface area contributed by atoms with Crippen molar-refractivity contribution in [3.8, 4) is 0 Å². The largest absolute Gasteiger partial charge is 0.505 e. The summed E-state index contributed by atoms with van der Waals surface area (Å²) in [7, 11) is 0. The molecule has 0 unspecified atom stereocenters. The van der Waals surface area contributed by atoms with E-state index < -0.39 is 18.0 Å². The second-order valence-electron chi connectivity index (χ2n) is 2.78. The van der Waals surface area contributed by atoms with E-state index in [1.54, 1.807) is 0 Å². The maximum atomic E-state index is 12.4. The van der Waals surface area contributed by atoms with Crippen molar-refractivity contribution in [3.63, 3.8) is 0 Å². The van der Waals surface area contributed by atoms with Gasteiger partial charge in [0.2, 0.25) is 0 Å². The van der Waals surface area contributed by atoms with E-state index >= 15 is 0 Å². The number of nitrogens with zero attached hydrogens (tertiary/aromatic N) is 2. The summed E-state index contributed by atoms with van der Waals surface area (Å²) >= 11 is 0. The Bertz CT molecular complexity index is 372. The molecule has 0 N–H and O–H groups in total. The topological polar surface area (TPSA) is 44.1 Å². The molecule has 0 saturated heterocycles. The summed E-state index contributed by atoms with van der Waals surface area (Å²) < 4.78 is 41.3. The van der Waals surface area contributed by atoms with Crippen LogP contribution >= 0.6 is 0 Å². The zero-order valence-electron chi connectivity index (χ0n) is 10.1. The van der Waals surface area contributed by atoms with Crippen LogP contribution in [0.4, 0.5) is 13.2 Å². The van der Waals surface area contributed by atoms with Crippen molar-refractivity contribution in [2.75, 3.05) is 6.61 Å². The molecule has 1 rings (SSSR count). The van der Waals surface area contributed by atoms with E-state index in [9.17, 15) is 18.0 Å². The minimum Gasteiger partial charge on any atom is -0.461 e. The third-order valence-corrected chi connectivity index (χ3v) is 1.66. The number of esters is 1. The van der Waals surface area contributed by atoms with Crippen molar-refractivity contribution in [2.45, 2.75) is 34.0 Å². The lowest BCUT2D eigenvalue weighted by Crippen LogP contribution is -2.24. The fourth-order valence-corrected chi connectivity index (χ4v) is 1.07. The lowest BCUT2D eigenvalue weighted by molar-refractivity contribution is -0.213. The van der Waals surface area contributed by atoms with Gasteiger partial charge in [-0.1, -0.05) is 13.8 Å². The van der Waals surface area contributed by atoms with Gasteiger partial charge in [0.1, 0.15) is 0 Å². The van der Waals surface area contributed by atoms with Crippen molar-refractivity contribution in [1.29, 1.82) is 0 Å². The van der Waals surface area contributed by atoms with Crippen LogP contribution in [0, 0.1) is 6.92 Å². The van der Waals surface area contributed by atoms with E-state index in [-0.39, 0.29) is 16.9 Å². The molecule has 1 aromatic heterocycles. The number of aryl methyl sites for hydroxylation is 1. The molecule has 1 heterocycles. The highest BCUT2D eigenvalue weighted by Gasteiger charge is 2.37. The monoisotopic (exact) mass is 252 g/mol. The third kappa shape index (κ3) is 3.76. The Labute approximate surface area is 97.4 Å². The average Bonchev–Trinajstić information content (AvgIpc) is 2.63. The van der Waals surface area contributed by atoms with Gasteiger partial charge in [-0.25, -0.2) is 4.79 Å². The van der Waals surface area contributed by atoms with Crippen LogP contribution in [-0.4, -0.2) is 22.4 Å². The SMILES string of the molecule is CC.CCOC(=O)c1c(C)cnn1C(F)(F)F. The first-order chi connectivity index (χ1) is 7.88. The predicted octanol–water partition coefficient (Wildman–Crippen LogP) is 2.87. The Balaban J connectivity index is 0.00000121. The molecule has 0 radical (unpaired) electrons. The molecule has 0 fully saturated rings. The number of hydrogen-bond donors (Lipinski definition) is 0. The Morgan fingerprint density at radius 1 is 1.47 bits per heavy atom. The summed E-state index contributed by atoms with van der Waals surface area (Å²) in [6.45, 7) is 6.89. The molecular weight excluding hydrogens is 237 g/mol. The van der Waals surface area contributed by atoms with Crippen molar-refractivity contribution in [1.82, 2.24) is 9.78 Å². The van der Waals surface area contributed by atoms with Crippen molar-refractivity contribution >= 4 is 5.97 Å². The minimum atomic E-state index is -4.71. The maximum absolute atomic E-state index is 12.4. The molecule has 7 heteroatoms. The van der Waals surface area contributed by atoms with Crippen LogP contribution in [0.3, 0.4) is 0 Å². The van der Waals surface area contributed by atoms with Gasteiger partial charge in [0.15, 0.2) is 5.69 Å². The summed E-state index contributed by atoms with van der Waals surface area (Å²) in [5.74, 6) is -1.02. The Morgan fingerprint density at radius 2 is 2.00 bits per heavy atom. The lowest BCUT2D eigenvalue weighted by Gasteiger charge is -2.10. The van der Waals surface area contributed by atoms with E-state index in [2.05, 4.69) is 9.84 Å². The van der Waals surface area contributed by atoms with Gasteiger partial charge in [0.25, 0.3) is 0 Å². The summed E-state index contributed by atoms with van der Waals surface area (Å²) in [4.78, 5) is 11.2. The molecule has 98 valence electrons. The molecule has 4 nitrogen and oxygen atoms in total. The minimum absolute atomic E-state index is 0.0152. The molecule has 0 atom stereocenters. The van der Waals surface area contributed by atoms with Gasteiger partial charge in [-0.3, -0.25) is 0 Å². The van der Waals surface area contributed by atoms with E-state index in [1.165, 1.54) is 13.8 Å². The highest BCUT2D eigenvalue weighted by molar-refractivity contribution is 5.89. The van der Waals surface area contributed by atoms with Crippen LogP contribution < -0.4 is 0 Å². The number of rotatable bonds is 2. The molecule has 17 heavy (non-hydrogen) atoms. The van der Waals surface area contributed by atoms with Crippen LogP contribution in [-0.2, 0) is 11.0 Å². The normalized spacial score (nSPS) is 10.5. The fraction of sp³-hybridized carbons (Fsp3) is 0.600. The summed E-state index contributed by atoms with van der Waals surface area (Å²) in [5, 5.41) is 3.08. The van der Waals surface area contributed by atoms with Crippen molar-refractivity contribution in [3.05, 3.63) is 17.5 Å². The van der Waals surface area contributed by atoms with Gasteiger partial charge in [-0.2, -0.15) is 9.78 Å². The van der Waals surface area contributed by atoms with Gasteiger partial charge in [-0.15, -0.1) is 13.2 Å². The molecule has 0 amide bonds. The van der Waals surface area contributed by atoms with Crippen LogP contribution in [0.25, 0.3) is 0 Å². The number of aromatic nitrogens is 2. The maximum Gasteiger partial charge on any atom is 0.505 e. The molecule has 0 spiro atoms. The van der Waals surface area contributed by atoms with Crippen LogP contribution in [0.5, 0.6) is 0 Å². The molecule has 0 aromatic carbocycles. The standard InChI is InChI=1S/C8H9F3N2O2.C2H6/c1-3-15-7(14)6-5(2)4-12-13(6)8(9,10)11;1-2/h4H,3H2,1-2H3;1-2H3. The van der Waals surface area contributed by atoms with Gasteiger partial charge in [0, 0.05) is 5.56 Å². The number of carbonyl (C=O) groups excluding carboxylic acids is 1. The van der Waals surface area contributed by atoms with Crippen LogP contribution in [0.15, 0.2) is 6.20 Å². The van der Waals surface area contributed by atoms with Gasteiger partial charge < -0.3 is 4.74 Å². The average molecular weight is 252 g/mol. The van der Waals surface area contributed by atoms with Crippen LogP contribution in [0.1, 0.15) is 36.8 Å². The molecule has 0 aliphatic carbocycles. The zero-order chi connectivity index (χ0) is 13.6. The highest BCUT2D eigenvalue weighted by atomic mass is 19.4. The van der Waals surface area contributed by atoms with Gasteiger partial charge in [-0.05, 0) is 13.8 Å². The quantitative estimate of drug-likeness (QED) is 0.760. The number of halogens is 3. The van der Waals surface area contributed by atoms with E-state index in [1.807, 2.05) is 13.8 Å². The van der Waals surface area contributed by atoms with E-state index in [0.29, 0.717) is 0 Å². The number of ether oxygens (including phenoxy) is 1. The molecule has 0 aliphatic heterocycles. The second-order valence-corrected chi connectivity index (χ2v) is 2.78. The first-order valence-electron chi connectivity index (χ1n) is 5.17. The second kappa shape index (κ2) is 6.27. The summed E-state index contributed by atoms with van der Waals surface area (Å²) in [6.07, 6.45) is -3.74. The molecule has 0 saturated carbocycles. The van der Waals surface area contributed by atoms with Gasteiger partial charge in [0.05, 0.1) is 12.8 Å². The Morgan fingerprint density at radius 3 is 2.41 bits per heavy atom. The summed E-state index contributed by atoms with van der Waals surface area (Å²) in [5.41, 5.74) is -0.449. The first-order valence-corrected chi connectivity index (χ1v) is 5.17. The number of hydrogen-bond acceptors (Lipinski definition) is 3. The van der Waals surface area contributed by atoms with Gasteiger partial charge >= 0.3 is 12.3 Å². The van der Waals surface area contributed by atoms with E-state index in [0.717, 1.165) is 6.20 Å². The fourth-order valence-electron chi connectivity index (χ4n) is 1.07. The molecule has 0 bridgehead atoms. The first kappa shape index (κ1) is 15.5. The number of carbonyl (C=O) groups is 1. The van der Waals surface area contributed by atoms with Crippen molar-refractivity contribution in [2.24, 2.45) is 0 Å². The van der Waals surface area contributed by atoms with E-state index in [4.69, 9.17) is 0 Å². The smallest absolute Gasteiger partial charge is 0.461 e. The Kier molecular flexibility index (Phi) is 5.70. The number of alkyl halides is 3. The van der Waals surface area contributed by atoms with Crippen molar-refractivity contribution < 1.29 is 22.7 Å². The van der Waals surface area contributed by atoms with Crippen LogP contribution in [0.2, 0.25) is 0 Å².